The van der Waals surface area contributed by atoms with Gasteiger partial charge in [-0.05, 0) is 27.7 Å². The summed E-state index contributed by atoms with van der Waals surface area (Å²) in [6, 6.07) is 0. The van der Waals surface area contributed by atoms with Crippen LogP contribution >= 0.6 is 0 Å². The lowest BCUT2D eigenvalue weighted by Crippen LogP contribution is -2.28. The number of rotatable bonds is 4. The van der Waals surface area contributed by atoms with E-state index in [1.54, 1.807) is 0 Å². The predicted molar refractivity (Wildman–Crippen MR) is 70.4 cm³/mol. The molecule has 0 amide bonds. The Balaban J connectivity index is 3.14. The monoisotopic (exact) mass is 238 g/mol. The molecule has 0 fully saturated rings. The van der Waals surface area contributed by atoms with E-state index in [0.717, 1.165) is 12.2 Å². The average molecular weight is 238 g/mol. The van der Waals surface area contributed by atoms with Crippen LogP contribution in [0, 0.1) is 0 Å². The van der Waals surface area contributed by atoms with E-state index in [1.807, 2.05) is 13.8 Å². The molecule has 0 saturated heterocycles. The number of hydrogen-bond acceptors (Lipinski definition) is 5. The quantitative estimate of drug-likeness (QED) is 0.841. The zero-order chi connectivity index (χ0) is 13.1. The summed E-state index contributed by atoms with van der Waals surface area (Å²) in [5.74, 6) is 1.84. The molecule has 0 saturated carbocycles. The lowest BCUT2D eigenvalue weighted by molar-refractivity contribution is 0.327. The third-order valence-electron chi connectivity index (χ3n) is 2.05. The van der Waals surface area contributed by atoms with Crippen molar-refractivity contribution in [1.29, 1.82) is 0 Å². The molecule has 3 N–H and O–H groups in total. The molecule has 0 radical (unpaired) electrons. The lowest BCUT2D eigenvalue weighted by atomic mass is 10.1. The zero-order valence-corrected chi connectivity index (χ0v) is 11.3. The molecule has 0 aliphatic rings. The highest BCUT2D eigenvalue weighted by molar-refractivity contribution is 5.67. The van der Waals surface area contributed by atoms with Crippen LogP contribution in [0.25, 0.3) is 0 Å². The fourth-order valence-corrected chi connectivity index (χ4v) is 1.35. The normalized spacial score (nSPS) is 11.4. The van der Waals surface area contributed by atoms with Gasteiger partial charge in [-0.2, -0.15) is 4.98 Å². The van der Waals surface area contributed by atoms with Crippen LogP contribution in [-0.4, -0.2) is 22.1 Å². The van der Waals surface area contributed by atoms with Gasteiger partial charge in [0.05, 0.1) is 6.61 Å². The van der Waals surface area contributed by atoms with Crippen LogP contribution in [0.5, 0.6) is 5.88 Å². The summed E-state index contributed by atoms with van der Waals surface area (Å²) in [6.45, 7) is 10.6. The Morgan fingerprint density at radius 1 is 1.24 bits per heavy atom. The first-order valence-corrected chi connectivity index (χ1v) is 5.94. The molecule has 0 aromatic carbocycles. The van der Waals surface area contributed by atoms with E-state index >= 15 is 0 Å². The number of aromatic nitrogens is 2. The van der Waals surface area contributed by atoms with Gasteiger partial charge in [-0.15, -0.1) is 0 Å². The smallest absolute Gasteiger partial charge is 0.242 e. The first kappa shape index (κ1) is 13.5. The summed E-state index contributed by atoms with van der Waals surface area (Å²) in [7, 11) is 0. The van der Waals surface area contributed by atoms with Crippen LogP contribution < -0.4 is 15.8 Å². The minimum atomic E-state index is -0.100. The van der Waals surface area contributed by atoms with Crippen LogP contribution in [0.4, 0.5) is 11.5 Å². The second-order valence-corrected chi connectivity index (χ2v) is 4.87. The maximum Gasteiger partial charge on any atom is 0.242 e. The third kappa shape index (κ3) is 3.76. The Kier molecular flexibility index (Phi) is 4.15. The number of nitrogen functional groups attached to an aromatic ring is 1. The second-order valence-electron chi connectivity index (χ2n) is 4.87. The minimum Gasteiger partial charge on any atom is -0.476 e. The maximum absolute atomic E-state index is 5.99. The molecule has 17 heavy (non-hydrogen) atoms. The molecule has 1 aromatic rings. The largest absolute Gasteiger partial charge is 0.476 e. The highest BCUT2D eigenvalue weighted by atomic mass is 16.5. The van der Waals surface area contributed by atoms with Crippen LogP contribution in [0.15, 0.2) is 0 Å². The molecule has 5 nitrogen and oxygen atoms in total. The Bertz CT molecular complexity index is 385. The summed E-state index contributed by atoms with van der Waals surface area (Å²) < 4.78 is 5.42. The molecular formula is C12H22N4O. The Hall–Kier alpha value is -1.52. The zero-order valence-electron chi connectivity index (χ0n) is 11.3. The standard InChI is InChI=1S/C12H22N4O/c1-6-8-14-10(16-12(3,4)5)9(13)11(15-8)17-7-2/h6-7,13H2,1-5H3,(H,14,15,16). The van der Waals surface area contributed by atoms with Gasteiger partial charge >= 0.3 is 0 Å². The number of nitrogens with zero attached hydrogens (tertiary/aromatic N) is 2. The Morgan fingerprint density at radius 3 is 2.35 bits per heavy atom. The van der Waals surface area contributed by atoms with E-state index in [9.17, 15) is 0 Å². The van der Waals surface area contributed by atoms with Crippen LogP contribution in [-0.2, 0) is 6.42 Å². The molecule has 0 atom stereocenters. The first-order chi connectivity index (χ1) is 7.87. The van der Waals surface area contributed by atoms with Crippen molar-refractivity contribution in [2.24, 2.45) is 0 Å². The number of aryl methyl sites for hydroxylation is 1. The van der Waals surface area contributed by atoms with Crippen molar-refractivity contribution in [3.05, 3.63) is 5.82 Å². The predicted octanol–water partition coefficient (Wildman–Crippen LogP) is 2.23. The van der Waals surface area contributed by atoms with Gasteiger partial charge < -0.3 is 15.8 Å². The van der Waals surface area contributed by atoms with E-state index in [0.29, 0.717) is 24.0 Å². The minimum absolute atomic E-state index is 0.100. The highest BCUT2D eigenvalue weighted by Crippen LogP contribution is 2.28. The SMILES string of the molecule is CCOc1nc(CC)nc(NC(C)(C)C)c1N. The fraction of sp³-hybridized carbons (Fsp3) is 0.667. The van der Waals surface area contributed by atoms with Gasteiger partial charge in [0.25, 0.3) is 0 Å². The summed E-state index contributed by atoms with van der Waals surface area (Å²) >= 11 is 0. The van der Waals surface area contributed by atoms with Crippen LogP contribution in [0.2, 0.25) is 0 Å². The van der Waals surface area contributed by atoms with Gasteiger partial charge in [-0.1, -0.05) is 6.92 Å². The van der Waals surface area contributed by atoms with E-state index < -0.39 is 0 Å². The van der Waals surface area contributed by atoms with Crippen molar-refractivity contribution in [2.75, 3.05) is 17.7 Å². The maximum atomic E-state index is 5.99. The number of nitrogens with two attached hydrogens (primary N) is 1. The Labute approximate surface area is 103 Å². The van der Waals surface area contributed by atoms with Gasteiger partial charge in [0.1, 0.15) is 11.5 Å². The van der Waals surface area contributed by atoms with Gasteiger partial charge in [0, 0.05) is 12.0 Å². The van der Waals surface area contributed by atoms with Gasteiger partial charge in [-0.3, -0.25) is 0 Å². The van der Waals surface area contributed by atoms with Crippen molar-refractivity contribution in [3.63, 3.8) is 0 Å². The first-order valence-electron chi connectivity index (χ1n) is 5.94. The van der Waals surface area contributed by atoms with Gasteiger partial charge in [0.15, 0.2) is 5.82 Å². The van der Waals surface area contributed by atoms with Crippen molar-refractivity contribution in [2.45, 2.75) is 46.6 Å². The molecule has 1 aromatic heterocycles. The molecule has 0 aliphatic heterocycles. The van der Waals surface area contributed by atoms with E-state index in [1.165, 1.54) is 0 Å². The molecular weight excluding hydrogens is 216 g/mol. The number of nitrogens with one attached hydrogen (secondary N) is 1. The number of ether oxygens (including phenoxy) is 1. The summed E-state index contributed by atoms with van der Waals surface area (Å²) in [4.78, 5) is 8.66. The summed E-state index contributed by atoms with van der Waals surface area (Å²) in [6.07, 6.45) is 0.749. The molecule has 96 valence electrons. The summed E-state index contributed by atoms with van der Waals surface area (Å²) in [5.41, 5.74) is 6.36. The van der Waals surface area contributed by atoms with Crippen molar-refractivity contribution in [3.8, 4) is 5.88 Å². The molecule has 5 heteroatoms. The number of hydrogen-bond donors (Lipinski definition) is 2. The molecule has 0 aliphatic carbocycles. The fourth-order valence-electron chi connectivity index (χ4n) is 1.35. The van der Waals surface area contributed by atoms with Crippen LogP contribution in [0.1, 0.15) is 40.4 Å². The van der Waals surface area contributed by atoms with Crippen LogP contribution in [0.3, 0.4) is 0 Å². The van der Waals surface area contributed by atoms with Gasteiger partial charge in [0.2, 0.25) is 5.88 Å². The molecule has 1 rings (SSSR count). The number of anilines is 2. The van der Waals surface area contributed by atoms with Crippen molar-refractivity contribution >= 4 is 11.5 Å². The lowest BCUT2D eigenvalue weighted by Gasteiger charge is -2.23. The average Bonchev–Trinajstić information content (AvgIpc) is 2.22. The second kappa shape index (κ2) is 5.21. The van der Waals surface area contributed by atoms with E-state index in [-0.39, 0.29) is 5.54 Å². The van der Waals surface area contributed by atoms with Gasteiger partial charge in [-0.25, -0.2) is 4.98 Å². The molecule has 0 spiro atoms. The highest BCUT2D eigenvalue weighted by Gasteiger charge is 2.17. The molecule has 1 heterocycles. The van der Waals surface area contributed by atoms with E-state index in [4.69, 9.17) is 10.5 Å². The van der Waals surface area contributed by atoms with E-state index in [2.05, 4.69) is 36.1 Å². The Morgan fingerprint density at radius 2 is 1.88 bits per heavy atom. The van der Waals surface area contributed by atoms with Crippen molar-refractivity contribution < 1.29 is 4.74 Å². The van der Waals surface area contributed by atoms with Crippen molar-refractivity contribution in [1.82, 2.24) is 9.97 Å². The molecule has 0 bridgehead atoms. The summed E-state index contributed by atoms with van der Waals surface area (Å²) in [5, 5.41) is 3.27. The molecule has 0 unspecified atom stereocenters. The third-order valence-corrected chi connectivity index (χ3v) is 2.05. The topological polar surface area (TPSA) is 73.1 Å².